The lowest BCUT2D eigenvalue weighted by Gasteiger charge is -2.31. The van der Waals surface area contributed by atoms with Crippen LogP contribution in [0, 0.1) is 0 Å². The zero-order valence-electron chi connectivity index (χ0n) is 14.0. The summed E-state index contributed by atoms with van der Waals surface area (Å²) in [6.45, 7) is 1.71. The van der Waals surface area contributed by atoms with E-state index in [9.17, 15) is 19.8 Å². The molecule has 2 aromatic carbocycles. The molecule has 2 N–H and O–H groups in total. The molecule has 8 heteroatoms. The van der Waals surface area contributed by atoms with Gasteiger partial charge >= 0.3 is 11.9 Å². The zero-order chi connectivity index (χ0) is 19.1. The second kappa shape index (κ2) is 6.86. The lowest BCUT2D eigenvalue weighted by Crippen LogP contribution is -2.37. The Hall–Kier alpha value is -2.16. The minimum absolute atomic E-state index is 0.510. The molecule has 0 spiro atoms. The Balaban J connectivity index is 2.13. The van der Waals surface area contributed by atoms with Gasteiger partial charge in [-0.2, -0.15) is 0 Å². The van der Waals surface area contributed by atoms with Gasteiger partial charge in [0.15, 0.2) is 12.2 Å². The molecule has 1 heterocycles. The van der Waals surface area contributed by atoms with Crippen LogP contribution in [0.15, 0.2) is 36.4 Å². The van der Waals surface area contributed by atoms with Crippen LogP contribution < -0.4 is 4.74 Å². The molecule has 0 amide bonds. The molecule has 0 unspecified atom stereocenters. The molecule has 3 atom stereocenters. The van der Waals surface area contributed by atoms with E-state index in [1.807, 2.05) is 18.2 Å². The van der Waals surface area contributed by atoms with Gasteiger partial charge in [0.2, 0.25) is 5.79 Å². The highest BCUT2D eigenvalue weighted by atomic mass is 79.9. The van der Waals surface area contributed by atoms with Crippen LogP contribution in [0.2, 0.25) is 0 Å². The highest BCUT2D eigenvalue weighted by Crippen LogP contribution is 2.44. The van der Waals surface area contributed by atoms with Crippen LogP contribution in [-0.4, -0.2) is 46.3 Å². The van der Waals surface area contributed by atoms with E-state index in [0.717, 1.165) is 10.8 Å². The van der Waals surface area contributed by atoms with Crippen molar-refractivity contribution in [2.75, 3.05) is 7.11 Å². The Morgan fingerprint density at radius 2 is 1.77 bits per heavy atom. The minimum Gasteiger partial charge on any atom is -0.496 e. The first-order chi connectivity index (χ1) is 12.3. The number of fused-ring (bicyclic) bond motifs is 1. The van der Waals surface area contributed by atoms with Crippen molar-refractivity contribution in [2.24, 2.45) is 0 Å². The molecule has 1 aliphatic rings. The molecule has 0 saturated carbocycles. The highest BCUT2D eigenvalue weighted by Gasteiger charge is 2.57. The summed E-state index contributed by atoms with van der Waals surface area (Å²) in [4.78, 5) is 22.4. The number of hydrogen-bond acceptors (Lipinski definition) is 5. The van der Waals surface area contributed by atoms with Gasteiger partial charge in [-0.25, -0.2) is 9.59 Å². The molecule has 1 saturated heterocycles. The number of carboxylic acid groups (broad SMARTS) is 2. The van der Waals surface area contributed by atoms with Gasteiger partial charge in [0.1, 0.15) is 5.75 Å². The minimum atomic E-state index is -1.62. The van der Waals surface area contributed by atoms with Crippen LogP contribution in [0.3, 0.4) is 0 Å². The van der Waals surface area contributed by atoms with Crippen molar-refractivity contribution in [3.8, 4) is 5.75 Å². The van der Waals surface area contributed by atoms with Crippen LogP contribution in [0.5, 0.6) is 5.75 Å². The van der Waals surface area contributed by atoms with Crippen LogP contribution in [-0.2, 0) is 24.8 Å². The van der Waals surface area contributed by atoms with Crippen molar-refractivity contribution in [1.29, 1.82) is 0 Å². The lowest BCUT2D eigenvalue weighted by atomic mass is 9.98. The fourth-order valence-corrected chi connectivity index (χ4v) is 3.57. The van der Waals surface area contributed by atoms with E-state index >= 15 is 0 Å². The molecule has 0 aliphatic carbocycles. The van der Waals surface area contributed by atoms with Crippen LogP contribution in [0.4, 0.5) is 0 Å². The number of carboxylic acids is 2. The standard InChI is InChI=1S/C18H17BrO7/c1-9(19)18(25-14(16(20)21)15(26-18)17(22)23)11-6-7-12-10(8-11)4-3-5-13(12)24-2/h3-9,14-15H,1-2H3,(H,20,21)(H,22,23)/t9-,14+,15+/m0/s1. The summed E-state index contributed by atoms with van der Waals surface area (Å²) in [5, 5.41) is 20.4. The van der Waals surface area contributed by atoms with Gasteiger partial charge in [-0.3, -0.25) is 0 Å². The summed E-state index contributed by atoms with van der Waals surface area (Å²) in [5.41, 5.74) is 0.512. The van der Waals surface area contributed by atoms with Crippen LogP contribution in [0.1, 0.15) is 12.5 Å². The first-order valence-electron chi connectivity index (χ1n) is 7.82. The first kappa shape index (κ1) is 18.6. The highest BCUT2D eigenvalue weighted by molar-refractivity contribution is 9.09. The maximum absolute atomic E-state index is 11.5. The molecule has 3 rings (SSSR count). The number of ether oxygens (including phenoxy) is 3. The van der Waals surface area contributed by atoms with E-state index in [0.29, 0.717) is 11.3 Å². The maximum atomic E-state index is 11.5. The molecule has 0 radical (unpaired) electrons. The van der Waals surface area contributed by atoms with Crippen molar-refractivity contribution >= 4 is 38.6 Å². The molecular weight excluding hydrogens is 408 g/mol. The molecule has 2 aromatic rings. The molecule has 7 nitrogen and oxygen atoms in total. The van der Waals surface area contributed by atoms with Crippen LogP contribution >= 0.6 is 15.9 Å². The third-order valence-corrected chi connectivity index (χ3v) is 4.95. The number of alkyl halides is 1. The zero-order valence-corrected chi connectivity index (χ0v) is 15.6. The number of carbonyl (C=O) groups is 2. The van der Waals surface area contributed by atoms with Crippen molar-refractivity contribution in [1.82, 2.24) is 0 Å². The Morgan fingerprint density at radius 3 is 2.27 bits per heavy atom. The summed E-state index contributed by atoms with van der Waals surface area (Å²) < 4.78 is 16.6. The van der Waals surface area contributed by atoms with Gasteiger partial charge in [-0.1, -0.05) is 40.2 Å². The molecule has 1 fully saturated rings. The number of benzene rings is 2. The third kappa shape index (κ3) is 2.94. The first-order valence-corrected chi connectivity index (χ1v) is 8.74. The Labute approximate surface area is 157 Å². The van der Waals surface area contributed by atoms with Crippen molar-refractivity contribution in [2.45, 2.75) is 29.7 Å². The predicted octanol–water partition coefficient (Wildman–Crippen LogP) is 2.74. The second-order valence-corrected chi connectivity index (χ2v) is 7.31. The van der Waals surface area contributed by atoms with E-state index < -0.39 is 34.8 Å². The van der Waals surface area contributed by atoms with Gasteiger partial charge in [0, 0.05) is 10.9 Å². The smallest absolute Gasteiger partial charge is 0.336 e. The van der Waals surface area contributed by atoms with Crippen molar-refractivity contribution < 1.29 is 34.0 Å². The average molecular weight is 425 g/mol. The Morgan fingerprint density at radius 1 is 1.15 bits per heavy atom. The number of rotatable bonds is 5. The van der Waals surface area contributed by atoms with Gasteiger partial charge in [-0.15, -0.1) is 0 Å². The van der Waals surface area contributed by atoms with Gasteiger partial charge in [0.25, 0.3) is 0 Å². The Bertz CT molecular complexity index is 842. The van der Waals surface area contributed by atoms with Crippen LogP contribution in [0.25, 0.3) is 10.8 Å². The molecule has 26 heavy (non-hydrogen) atoms. The SMILES string of the molecule is COc1cccc2cc(C3([C@H](C)Br)O[C@@H](C(=O)O)[C@H](C(=O)O)O3)ccc12. The number of methoxy groups -OCH3 is 1. The van der Waals surface area contributed by atoms with Crippen molar-refractivity contribution in [3.05, 3.63) is 42.0 Å². The quantitative estimate of drug-likeness (QED) is 0.711. The van der Waals surface area contributed by atoms with E-state index in [-0.39, 0.29) is 0 Å². The maximum Gasteiger partial charge on any atom is 0.336 e. The number of hydrogen-bond donors (Lipinski definition) is 2. The molecule has 0 aromatic heterocycles. The summed E-state index contributed by atoms with van der Waals surface area (Å²) in [7, 11) is 1.57. The van der Waals surface area contributed by atoms with Gasteiger partial charge < -0.3 is 24.4 Å². The molecule has 138 valence electrons. The fourth-order valence-electron chi connectivity index (χ4n) is 3.09. The largest absolute Gasteiger partial charge is 0.496 e. The van der Waals surface area contributed by atoms with E-state index in [1.54, 1.807) is 32.2 Å². The fraction of sp³-hybridized carbons (Fsp3) is 0.333. The van der Waals surface area contributed by atoms with E-state index in [1.165, 1.54) is 0 Å². The third-order valence-electron chi connectivity index (χ3n) is 4.35. The number of halogens is 1. The monoisotopic (exact) mass is 424 g/mol. The summed E-state index contributed by atoms with van der Waals surface area (Å²) in [5.74, 6) is -3.65. The summed E-state index contributed by atoms with van der Waals surface area (Å²) in [6, 6.07) is 10.8. The summed E-state index contributed by atoms with van der Waals surface area (Å²) in [6.07, 6.45) is -3.23. The number of aliphatic carboxylic acids is 2. The lowest BCUT2D eigenvalue weighted by molar-refractivity contribution is -0.191. The van der Waals surface area contributed by atoms with E-state index in [4.69, 9.17) is 14.2 Å². The normalized spacial score (nSPS) is 22.9. The van der Waals surface area contributed by atoms with E-state index in [2.05, 4.69) is 15.9 Å². The topological polar surface area (TPSA) is 102 Å². The predicted molar refractivity (Wildman–Crippen MR) is 95.6 cm³/mol. The average Bonchev–Trinajstić information content (AvgIpc) is 3.03. The summed E-state index contributed by atoms with van der Waals surface area (Å²) >= 11 is 3.38. The molecule has 1 aliphatic heterocycles. The van der Waals surface area contributed by atoms with Crippen molar-refractivity contribution in [3.63, 3.8) is 0 Å². The molecule has 0 bridgehead atoms. The molecular formula is C18H17BrO7. The second-order valence-electron chi connectivity index (χ2n) is 5.93. The van der Waals surface area contributed by atoms with Gasteiger partial charge in [0.05, 0.1) is 11.9 Å². The van der Waals surface area contributed by atoms with Gasteiger partial charge in [-0.05, 0) is 24.4 Å². The Kier molecular flexibility index (Phi) is 4.92.